The molecule has 1 aliphatic carbocycles. The van der Waals surface area contributed by atoms with Gasteiger partial charge in [-0.25, -0.2) is 0 Å². The average Bonchev–Trinajstić information content (AvgIpc) is 3.67. The molecule has 3 heteroatoms. The Kier molecular flexibility index (Phi) is 7.03. The highest BCUT2D eigenvalue weighted by molar-refractivity contribution is 7.88. The molecule has 0 radical (unpaired) electrons. The lowest BCUT2D eigenvalue weighted by molar-refractivity contribution is 0.593. The van der Waals surface area contributed by atoms with Crippen LogP contribution in [0.4, 0.5) is 17.1 Å². The molecule has 0 fully saturated rings. The summed E-state index contributed by atoms with van der Waals surface area (Å²) in [4.78, 5) is 2.32. The molecule has 52 heavy (non-hydrogen) atoms. The van der Waals surface area contributed by atoms with Crippen molar-refractivity contribution in [3.63, 3.8) is 0 Å². The van der Waals surface area contributed by atoms with Gasteiger partial charge in [-0.05, 0) is 92.7 Å². The Morgan fingerprint density at radius 3 is 1.46 bits per heavy atom. The minimum atomic E-state index is -3.36. The highest BCUT2D eigenvalue weighted by Gasteiger charge is 2.57. The van der Waals surface area contributed by atoms with Gasteiger partial charge in [-0.3, -0.25) is 0 Å². The summed E-state index contributed by atoms with van der Waals surface area (Å²) >= 11 is 0. The molecule has 0 saturated heterocycles. The maximum Gasteiger partial charge on any atom is 0.172 e. The van der Waals surface area contributed by atoms with Gasteiger partial charge in [-0.1, -0.05) is 158 Å². The van der Waals surface area contributed by atoms with E-state index in [4.69, 9.17) is 0 Å². The summed E-state index contributed by atoms with van der Waals surface area (Å²) in [6, 6.07) is 72.8. The second-order valence-electron chi connectivity index (χ2n) is 13.6. The zero-order valence-electron chi connectivity index (χ0n) is 28.4. The van der Waals surface area contributed by atoms with Gasteiger partial charge in [0.15, 0.2) is 7.14 Å². The minimum Gasteiger partial charge on any atom is -0.310 e. The number of nitrogens with zero attached hydrogens (tertiary/aromatic N) is 1. The first-order valence-corrected chi connectivity index (χ1v) is 19.5. The lowest BCUT2D eigenvalue weighted by atomic mass is 9.65. The largest absolute Gasteiger partial charge is 0.310 e. The van der Waals surface area contributed by atoms with Crippen molar-refractivity contribution < 1.29 is 4.57 Å². The second-order valence-corrected chi connectivity index (χ2v) is 16.3. The average molecular weight is 684 g/mol. The molecule has 2 nitrogen and oxygen atoms in total. The van der Waals surface area contributed by atoms with Crippen LogP contribution in [0.3, 0.4) is 0 Å². The van der Waals surface area contributed by atoms with E-state index in [9.17, 15) is 0 Å². The Labute approximate surface area is 304 Å². The molecule has 0 spiro atoms. The van der Waals surface area contributed by atoms with E-state index in [0.717, 1.165) is 77.1 Å². The van der Waals surface area contributed by atoms with Gasteiger partial charge in [-0.2, -0.15) is 0 Å². The first kappa shape index (κ1) is 30.6. The molecule has 1 heterocycles. The molecule has 8 aromatic rings. The van der Waals surface area contributed by atoms with Gasteiger partial charge in [0.05, 0.1) is 5.41 Å². The number of anilines is 3. The molecule has 0 aromatic heterocycles. The summed E-state index contributed by atoms with van der Waals surface area (Å²) < 4.78 is 16.6. The summed E-state index contributed by atoms with van der Waals surface area (Å²) in [5.41, 5.74) is 9.10. The normalized spacial score (nSPS) is 16.7. The van der Waals surface area contributed by atoms with Gasteiger partial charge in [-0.15, -0.1) is 0 Å². The highest BCUT2D eigenvalue weighted by Crippen LogP contribution is 2.74. The predicted octanol–water partition coefficient (Wildman–Crippen LogP) is 11.9. The van der Waals surface area contributed by atoms with Crippen LogP contribution in [0.15, 0.2) is 206 Å². The van der Waals surface area contributed by atoms with Crippen LogP contribution in [-0.2, 0) is 9.98 Å². The molecular formula is C49H34NOP. The number of hydrogen-bond acceptors (Lipinski definition) is 2. The van der Waals surface area contributed by atoms with Gasteiger partial charge in [0.2, 0.25) is 0 Å². The van der Waals surface area contributed by atoms with Crippen molar-refractivity contribution >= 4 is 56.5 Å². The minimum absolute atomic E-state index is 0.750. The number of hydrogen-bond donors (Lipinski definition) is 0. The quantitative estimate of drug-likeness (QED) is 0.163. The molecule has 1 aliphatic heterocycles. The van der Waals surface area contributed by atoms with Crippen molar-refractivity contribution in [1.82, 2.24) is 0 Å². The van der Waals surface area contributed by atoms with Crippen molar-refractivity contribution in [1.29, 1.82) is 0 Å². The van der Waals surface area contributed by atoms with Crippen LogP contribution < -0.4 is 15.5 Å². The van der Waals surface area contributed by atoms with E-state index in [2.05, 4.69) is 193 Å². The fraction of sp³-hybridized carbons (Fsp3) is 0.0204. The number of fused-ring (bicyclic) bond motifs is 5. The molecule has 1 unspecified atom stereocenters. The lowest BCUT2D eigenvalue weighted by Gasteiger charge is -2.37. The topological polar surface area (TPSA) is 20.3 Å². The lowest BCUT2D eigenvalue weighted by Crippen LogP contribution is -2.30. The van der Waals surface area contributed by atoms with Crippen molar-refractivity contribution in [3.05, 3.63) is 234 Å². The van der Waals surface area contributed by atoms with Crippen LogP contribution in [-0.4, -0.2) is 0 Å². The molecule has 0 amide bonds. The third-order valence-corrected chi connectivity index (χ3v) is 14.1. The predicted molar refractivity (Wildman–Crippen MR) is 218 cm³/mol. The van der Waals surface area contributed by atoms with E-state index < -0.39 is 12.6 Å². The van der Waals surface area contributed by atoms with E-state index in [0.29, 0.717) is 0 Å². The monoisotopic (exact) mass is 683 g/mol. The number of benzene rings is 8. The molecule has 0 bridgehead atoms. The zero-order chi connectivity index (χ0) is 34.7. The Morgan fingerprint density at radius 2 is 0.904 bits per heavy atom. The molecule has 0 N–H and O–H groups in total. The molecule has 2 aliphatic rings. The maximum atomic E-state index is 16.6. The van der Waals surface area contributed by atoms with E-state index in [1.807, 2.05) is 18.2 Å². The van der Waals surface area contributed by atoms with E-state index in [1.54, 1.807) is 0 Å². The fourth-order valence-corrected chi connectivity index (χ4v) is 12.1. The Morgan fingerprint density at radius 1 is 0.423 bits per heavy atom. The van der Waals surface area contributed by atoms with Gasteiger partial charge in [0.25, 0.3) is 0 Å². The number of rotatable bonds is 6. The molecule has 10 rings (SSSR count). The van der Waals surface area contributed by atoms with E-state index in [1.165, 1.54) is 0 Å². The highest BCUT2D eigenvalue weighted by atomic mass is 31.2. The van der Waals surface area contributed by atoms with Gasteiger partial charge >= 0.3 is 0 Å². The van der Waals surface area contributed by atoms with Crippen molar-refractivity contribution in [3.8, 4) is 0 Å². The van der Waals surface area contributed by atoms with E-state index >= 15 is 4.57 Å². The summed E-state index contributed by atoms with van der Waals surface area (Å²) in [6.45, 7) is 0. The van der Waals surface area contributed by atoms with Gasteiger partial charge in [0, 0.05) is 33.0 Å². The second kappa shape index (κ2) is 11.9. The van der Waals surface area contributed by atoms with Gasteiger partial charge < -0.3 is 9.46 Å². The number of para-hydroxylation sites is 2. The van der Waals surface area contributed by atoms with E-state index in [-0.39, 0.29) is 0 Å². The summed E-state index contributed by atoms with van der Waals surface area (Å²) in [6.07, 6.45) is 0. The Bertz CT molecular complexity index is 2610. The van der Waals surface area contributed by atoms with Gasteiger partial charge in [0.1, 0.15) is 0 Å². The fourth-order valence-electron chi connectivity index (χ4n) is 8.75. The van der Waals surface area contributed by atoms with Crippen molar-refractivity contribution in [2.24, 2.45) is 0 Å². The van der Waals surface area contributed by atoms with Crippen LogP contribution in [0.2, 0.25) is 0 Å². The smallest absolute Gasteiger partial charge is 0.172 e. The number of allylic oxidation sites excluding steroid dienone is 1. The Hall–Kier alpha value is -6.21. The van der Waals surface area contributed by atoms with Crippen LogP contribution in [0, 0.1) is 0 Å². The summed E-state index contributed by atoms with van der Waals surface area (Å²) in [5, 5.41) is 4.97. The standard InChI is InChI=1S/C49H34NOP/c51-52(42-28-14-5-15-29-42)46-33-36-19-17-16-18-35(36)32-44(46)47-48(52)43-31-30-41(50(39-24-10-3-11-25-39)40-26-12-4-13-27-40)34-45(43)49(47,37-20-6-1-7-21-37)38-22-8-2-9-23-38/h1-34H. The third-order valence-electron chi connectivity index (χ3n) is 10.9. The SMILES string of the molecule is O=P1(c2ccccc2)C2=C(c3cc4ccccc4cc31)C(c1ccccc1)(c1ccccc1)c1cc(N(c3ccccc3)c3ccccc3)ccc12. The molecule has 8 aromatic carbocycles. The van der Waals surface area contributed by atoms with Crippen LogP contribution in [0.1, 0.15) is 27.8 Å². The summed E-state index contributed by atoms with van der Waals surface area (Å²) in [7, 11) is -3.36. The van der Waals surface area contributed by atoms with Crippen LogP contribution in [0.5, 0.6) is 0 Å². The maximum absolute atomic E-state index is 16.6. The molecular weight excluding hydrogens is 650 g/mol. The molecule has 0 saturated carbocycles. The molecule has 1 atom stereocenters. The third kappa shape index (κ3) is 4.35. The van der Waals surface area contributed by atoms with Crippen LogP contribution in [0.25, 0.3) is 21.7 Å². The Balaban J connectivity index is 1.36. The first-order chi connectivity index (χ1) is 25.7. The first-order valence-electron chi connectivity index (χ1n) is 17.8. The van der Waals surface area contributed by atoms with Crippen LogP contribution >= 0.6 is 7.14 Å². The zero-order valence-corrected chi connectivity index (χ0v) is 29.3. The van der Waals surface area contributed by atoms with Crippen molar-refractivity contribution in [2.75, 3.05) is 4.90 Å². The summed E-state index contributed by atoms with van der Waals surface area (Å²) in [5.74, 6) is 0. The molecule has 246 valence electrons. The van der Waals surface area contributed by atoms with Crippen molar-refractivity contribution in [2.45, 2.75) is 5.41 Å².